The fourth-order valence-electron chi connectivity index (χ4n) is 2.46. The SMILES string of the molecule is Oc1ccc(OCc2ccccc2)c2cccc(OCCCl)c12. The van der Waals surface area contributed by atoms with Crippen LogP contribution in [0.1, 0.15) is 5.56 Å². The van der Waals surface area contributed by atoms with Gasteiger partial charge in [-0.25, -0.2) is 0 Å². The van der Waals surface area contributed by atoms with Gasteiger partial charge in [0, 0.05) is 5.39 Å². The fourth-order valence-corrected chi connectivity index (χ4v) is 2.54. The van der Waals surface area contributed by atoms with E-state index in [0.29, 0.717) is 36.0 Å². The van der Waals surface area contributed by atoms with Crippen molar-refractivity contribution >= 4 is 22.4 Å². The van der Waals surface area contributed by atoms with Crippen LogP contribution in [0.25, 0.3) is 10.8 Å². The summed E-state index contributed by atoms with van der Waals surface area (Å²) in [6.45, 7) is 0.850. The summed E-state index contributed by atoms with van der Waals surface area (Å²) in [6, 6.07) is 18.9. The third-order valence-corrected chi connectivity index (χ3v) is 3.67. The number of rotatable bonds is 6. The van der Waals surface area contributed by atoms with Crippen molar-refractivity contribution in [2.75, 3.05) is 12.5 Å². The number of benzene rings is 3. The number of hydrogen-bond donors (Lipinski definition) is 1. The molecule has 3 aromatic rings. The molecular weight excluding hydrogens is 312 g/mol. The second-order valence-electron chi connectivity index (χ2n) is 5.07. The van der Waals surface area contributed by atoms with Gasteiger partial charge in [0.15, 0.2) is 0 Å². The fraction of sp³-hybridized carbons (Fsp3) is 0.158. The van der Waals surface area contributed by atoms with Crippen molar-refractivity contribution in [2.24, 2.45) is 0 Å². The molecule has 4 heteroatoms. The summed E-state index contributed by atoms with van der Waals surface area (Å²) in [4.78, 5) is 0. The number of phenolic OH excluding ortho intramolecular Hbond substituents is 1. The quantitative estimate of drug-likeness (QED) is 0.664. The first-order chi connectivity index (χ1) is 11.3. The first-order valence-corrected chi connectivity index (χ1v) is 7.93. The molecule has 0 bridgehead atoms. The number of halogens is 1. The number of ether oxygens (including phenoxy) is 2. The summed E-state index contributed by atoms with van der Waals surface area (Å²) in [5.74, 6) is 1.86. The summed E-state index contributed by atoms with van der Waals surface area (Å²) in [6.07, 6.45) is 0. The van der Waals surface area contributed by atoms with E-state index in [-0.39, 0.29) is 5.75 Å². The Morgan fingerprint density at radius 3 is 2.43 bits per heavy atom. The van der Waals surface area contributed by atoms with E-state index in [9.17, 15) is 5.11 Å². The zero-order valence-electron chi connectivity index (χ0n) is 12.5. The lowest BCUT2D eigenvalue weighted by molar-refractivity contribution is 0.309. The summed E-state index contributed by atoms with van der Waals surface area (Å²) in [5.41, 5.74) is 1.09. The van der Waals surface area contributed by atoms with Gasteiger partial charge in [-0.3, -0.25) is 0 Å². The van der Waals surface area contributed by atoms with Gasteiger partial charge in [0.05, 0.1) is 11.3 Å². The average Bonchev–Trinajstić information content (AvgIpc) is 2.60. The predicted molar refractivity (Wildman–Crippen MR) is 92.6 cm³/mol. The summed E-state index contributed by atoms with van der Waals surface area (Å²) in [7, 11) is 0. The molecule has 0 amide bonds. The molecule has 0 fully saturated rings. The lowest BCUT2D eigenvalue weighted by Gasteiger charge is -2.13. The van der Waals surface area contributed by atoms with Crippen molar-refractivity contribution in [3.8, 4) is 17.2 Å². The van der Waals surface area contributed by atoms with Crippen molar-refractivity contribution in [3.05, 3.63) is 66.2 Å². The van der Waals surface area contributed by atoms with Crippen LogP contribution in [0.15, 0.2) is 60.7 Å². The van der Waals surface area contributed by atoms with E-state index < -0.39 is 0 Å². The van der Waals surface area contributed by atoms with Crippen LogP contribution < -0.4 is 9.47 Å². The zero-order chi connectivity index (χ0) is 16.1. The van der Waals surface area contributed by atoms with Crippen LogP contribution in [0.3, 0.4) is 0 Å². The van der Waals surface area contributed by atoms with Crippen LogP contribution in [-0.4, -0.2) is 17.6 Å². The minimum absolute atomic E-state index is 0.164. The molecule has 0 aliphatic heterocycles. The number of aromatic hydroxyl groups is 1. The highest BCUT2D eigenvalue weighted by Crippen LogP contribution is 2.38. The third kappa shape index (κ3) is 3.51. The highest BCUT2D eigenvalue weighted by Gasteiger charge is 2.11. The summed E-state index contributed by atoms with van der Waals surface area (Å²) >= 11 is 5.68. The molecule has 3 rings (SSSR count). The number of alkyl halides is 1. The first kappa shape index (κ1) is 15.5. The number of fused-ring (bicyclic) bond motifs is 1. The Morgan fingerprint density at radius 1 is 0.826 bits per heavy atom. The second-order valence-corrected chi connectivity index (χ2v) is 5.45. The molecule has 23 heavy (non-hydrogen) atoms. The van der Waals surface area contributed by atoms with E-state index in [0.717, 1.165) is 10.9 Å². The molecule has 0 saturated heterocycles. The molecular formula is C19H17ClO3. The highest BCUT2D eigenvalue weighted by atomic mass is 35.5. The van der Waals surface area contributed by atoms with Crippen molar-refractivity contribution < 1.29 is 14.6 Å². The molecule has 0 unspecified atom stereocenters. The smallest absolute Gasteiger partial charge is 0.131 e. The van der Waals surface area contributed by atoms with Gasteiger partial charge < -0.3 is 14.6 Å². The van der Waals surface area contributed by atoms with Gasteiger partial charge in [0.25, 0.3) is 0 Å². The highest BCUT2D eigenvalue weighted by molar-refractivity contribution is 6.18. The van der Waals surface area contributed by atoms with E-state index >= 15 is 0 Å². The third-order valence-electron chi connectivity index (χ3n) is 3.51. The van der Waals surface area contributed by atoms with Gasteiger partial charge in [-0.2, -0.15) is 0 Å². The Kier molecular flexibility index (Phi) is 4.89. The summed E-state index contributed by atoms with van der Waals surface area (Å²) < 4.78 is 11.5. The van der Waals surface area contributed by atoms with Crippen LogP contribution in [0.2, 0.25) is 0 Å². The van der Waals surface area contributed by atoms with Gasteiger partial charge in [-0.15, -0.1) is 11.6 Å². The van der Waals surface area contributed by atoms with Crippen molar-refractivity contribution in [2.45, 2.75) is 6.61 Å². The van der Waals surface area contributed by atoms with Crippen LogP contribution in [0.5, 0.6) is 17.2 Å². The topological polar surface area (TPSA) is 38.7 Å². The normalized spacial score (nSPS) is 10.7. The van der Waals surface area contributed by atoms with E-state index in [1.54, 1.807) is 12.1 Å². The maximum atomic E-state index is 10.2. The maximum Gasteiger partial charge on any atom is 0.131 e. The van der Waals surface area contributed by atoms with Gasteiger partial charge in [-0.05, 0) is 23.8 Å². The van der Waals surface area contributed by atoms with Gasteiger partial charge in [-0.1, -0.05) is 42.5 Å². The van der Waals surface area contributed by atoms with Gasteiger partial charge >= 0.3 is 0 Å². The van der Waals surface area contributed by atoms with Gasteiger partial charge in [0.2, 0.25) is 0 Å². The van der Waals surface area contributed by atoms with Crippen molar-refractivity contribution in [1.29, 1.82) is 0 Å². The molecule has 1 N–H and O–H groups in total. The zero-order valence-corrected chi connectivity index (χ0v) is 13.3. The minimum atomic E-state index is 0.164. The van der Waals surface area contributed by atoms with Crippen LogP contribution in [0, 0.1) is 0 Å². The molecule has 0 aliphatic rings. The molecule has 3 aromatic carbocycles. The molecule has 0 aliphatic carbocycles. The Balaban J connectivity index is 1.93. The standard InChI is InChI=1S/C19H17ClO3/c20-11-12-22-18-8-4-7-15-17(10-9-16(21)19(15)18)23-13-14-5-2-1-3-6-14/h1-10,21H,11-13H2. The van der Waals surface area contributed by atoms with Crippen LogP contribution in [-0.2, 0) is 6.61 Å². The van der Waals surface area contributed by atoms with E-state index in [1.165, 1.54) is 0 Å². The second kappa shape index (κ2) is 7.25. The largest absolute Gasteiger partial charge is 0.507 e. The van der Waals surface area contributed by atoms with E-state index in [4.69, 9.17) is 21.1 Å². The van der Waals surface area contributed by atoms with E-state index in [2.05, 4.69) is 0 Å². The monoisotopic (exact) mass is 328 g/mol. The van der Waals surface area contributed by atoms with E-state index in [1.807, 2.05) is 48.5 Å². The minimum Gasteiger partial charge on any atom is -0.507 e. The number of phenols is 1. The predicted octanol–water partition coefficient (Wildman–Crippen LogP) is 4.74. The molecule has 0 spiro atoms. The Bertz CT molecular complexity index is 787. The Labute approximate surface area is 140 Å². The molecule has 0 atom stereocenters. The maximum absolute atomic E-state index is 10.2. The van der Waals surface area contributed by atoms with Gasteiger partial charge in [0.1, 0.15) is 30.5 Å². The van der Waals surface area contributed by atoms with Crippen LogP contribution in [0.4, 0.5) is 0 Å². The molecule has 0 aromatic heterocycles. The molecule has 0 radical (unpaired) electrons. The molecule has 3 nitrogen and oxygen atoms in total. The molecule has 118 valence electrons. The summed E-state index contributed by atoms with van der Waals surface area (Å²) in [5, 5.41) is 11.6. The van der Waals surface area contributed by atoms with Crippen LogP contribution >= 0.6 is 11.6 Å². The number of hydrogen-bond acceptors (Lipinski definition) is 3. The van der Waals surface area contributed by atoms with Crippen molar-refractivity contribution in [1.82, 2.24) is 0 Å². The van der Waals surface area contributed by atoms with Crippen molar-refractivity contribution in [3.63, 3.8) is 0 Å². The Hall–Kier alpha value is -2.39. The Morgan fingerprint density at radius 2 is 1.65 bits per heavy atom. The average molecular weight is 329 g/mol. The lowest BCUT2D eigenvalue weighted by atomic mass is 10.1. The first-order valence-electron chi connectivity index (χ1n) is 7.40. The molecule has 0 saturated carbocycles. The molecule has 0 heterocycles. The lowest BCUT2D eigenvalue weighted by Crippen LogP contribution is -1.99.